The summed E-state index contributed by atoms with van der Waals surface area (Å²) in [6.07, 6.45) is 10.6. The van der Waals surface area contributed by atoms with Crippen molar-refractivity contribution in [2.45, 2.75) is 204 Å². The number of aliphatic hydroxyl groups excluding tert-OH is 6. The SMILES string of the molecule is CCCCCCCC/C=C\C/C=C\C/C=C\CCCC(=O)OC[C@@H]1COP(=O)(O)O[C@H]2[C@H](O)[C@@H](O)[C@H](O)[C@@H](C/C=C\CCCC(=O)O1)C(=O)C[C@@H](O)[C@H](/C=C/[C@@H](O)CCCCC)[C@@H](O)[C@H]2OP(=O)(O)O. The molecule has 1 aliphatic carbocycles. The van der Waals surface area contributed by atoms with Gasteiger partial charge in [0, 0.05) is 31.1 Å². The average Bonchev–Trinajstić information content (AvgIpc) is 3.30. The first-order valence-corrected chi connectivity index (χ1v) is 28.0. The van der Waals surface area contributed by atoms with E-state index in [1.54, 1.807) is 6.08 Å². The highest BCUT2D eigenvalue weighted by molar-refractivity contribution is 7.47. The molecule has 0 spiro atoms. The number of fused-ring (bicyclic) bond motifs is 4. The van der Waals surface area contributed by atoms with Crippen molar-refractivity contribution in [1.29, 1.82) is 0 Å². The molecule has 70 heavy (non-hydrogen) atoms. The number of hydrogen-bond donors (Lipinski definition) is 9. The summed E-state index contributed by atoms with van der Waals surface area (Å²) in [5, 5.41) is 68.0. The molecule has 2 aliphatic rings. The van der Waals surface area contributed by atoms with Gasteiger partial charge >= 0.3 is 27.6 Å². The summed E-state index contributed by atoms with van der Waals surface area (Å²) in [7, 11) is -11.5. The monoisotopic (exact) mass is 1040 g/mol. The minimum absolute atomic E-state index is 0.0226. The lowest BCUT2D eigenvalue weighted by atomic mass is 9.84. The zero-order chi connectivity index (χ0) is 52.0. The van der Waals surface area contributed by atoms with E-state index in [1.165, 1.54) is 44.6 Å². The predicted octanol–water partition coefficient (Wildman–Crippen LogP) is 6.43. The maximum Gasteiger partial charge on any atom is 0.472 e. The van der Waals surface area contributed by atoms with Crippen LogP contribution in [-0.2, 0) is 46.6 Å². The van der Waals surface area contributed by atoms with Gasteiger partial charge in [0.2, 0.25) is 0 Å². The second kappa shape index (κ2) is 35.4. The van der Waals surface area contributed by atoms with E-state index in [0.717, 1.165) is 44.3 Å². The van der Waals surface area contributed by atoms with Crippen LogP contribution in [0.25, 0.3) is 0 Å². The van der Waals surface area contributed by atoms with Crippen molar-refractivity contribution in [3.63, 3.8) is 0 Å². The fraction of sp³-hybridized carbons (Fsp3) is 0.735. The highest BCUT2D eigenvalue weighted by Crippen LogP contribution is 2.49. The van der Waals surface area contributed by atoms with Crippen molar-refractivity contribution in [2.24, 2.45) is 11.8 Å². The summed E-state index contributed by atoms with van der Waals surface area (Å²) >= 11 is 0. The standard InChI is InChI=1S/C49H82O19P2/c1-3-5-7-8-9-10-11-12-13-14-15-16-17-18-19-20-25-29-42(53)64-34-37-35-65-70(62,63)68-49-47(58)46(57)44(55)38(28-24-21-22-26-30-43(54)66-37)40(51)33-41(52)39(32-31-36(50)27-23-6-4-2)45(56)48(49)67-69(59,60)61/h12-13,15-16,18-19,21,24,31-32,36-39,41,44-50,52,55-58H,3-11,14,17,20,22-23,25-30,33-35H2,1-2H3,(H,62,63)(H2,59,60,61)/b13-12-,16-15-,19-18-,24-21-,32-31+/t36-,37+,38-,39-,41+,44+,45+,46-,47+,48+,49-/m0/s1. The van der Waals surface area contributed by atoms with Gasteiger partial charge in [0.05, 0.1) is 31.0 Å². The molecule has 402 valence electrons. The van der Waals surface area contributed by atoms with E-state index in [9.17, 15) is 68.8 Å². The van der Waals surface area contributed by atoms with Crippen molar-refractivity contribution >= 4 is 33.4 Å². The molecule has 1 unspecified atom stereocenters. The van der Waals surface area contributed by atoms with Crippen LogP contribution in [0.15, 0.2) is 60.8 Å². The Hall–Kier alpha value is -2.71. The Labute approximate surface area is 413 Å². The molecule has 12 atom stereocenters. The van der Waals surface area contributed by atoms with Crippen LogP contribution in [-0.4, -0.2) is 131 Å². The number of rotatable bonds is 25. The highest BCUT2D eigenvalue weighted by Gasteiger charge is 2.51. The molecule has 0 radical (unpaired) electrons. The van der Waals surface area contributed by atoms with E-state index in [1.807, 2.05) is 19.1 Å². The lowest BCUT2D eigenvalue weighted by Gasteiger charge is -2.38. The summed E-state index contributed by atoms with van der Waals surface area (Å²) in [6, 6.07) is 0. The van der Waals surface area contributed by atoms with E-state index in [-0.39, 0.29) is 38.5 Å². The molecule has 1 heterocycles. The minimum Gasteiger partial charge on any atom is -0.462 e. The van der Waals surface area contributed by atoms with Gasteiger partial charge in [-0.1, -0.05) is 126 Å². The van der Waals surface area contributed by atoms with Crippen LogP contribution < -0.4 is 0 Å². The molecule has 1 fully saturated rings. The molecule has 2 rings (SSSR count). The van der Waals surface area contributed by atoms with Crippen molar-refractivity contribution in [1.82, 2.24) is 0 Å². The number of aliphatic hydroxyl groups is 6. The predicted molar refractivity (Wildman–Crippen MR) is 260 cm³/mol. The van der Waals surface area contributed by atoms with Gasteiger partial charge in [-0.2, -0.15) is 0 Å². The number of phosphoric ester groups is 2. The molecule has 0 saturated heterocycles. The number of cyclic esters (lactones) is 1. The number of phosphoric acid groups is 2. The summed E-state index contributed by atoms with van der Waals surface area (Å²) < 4.78 is 52.0. The Morgan fingerprint density at radius 2 is 1.47 bits per heavy atom. The highest BCUT2D eigenvalue weighted by atomic mass is 31.2. The van der Waals surface area contributed by atoms with Gasteiger partial charge in [0.25, 0.3) is 0 Å². The van der Waals surface area contributed by atoms with Crippen LogP contribution in [0.1, 0.15) is 149 Å². The van der Waals surface area contributed by atoms with E-state index in [4.69, 9.17) is 23.0 Å². The van der Waals surface area contributed by atoms with Crippen LogP contribution >= 0.6 is 15.6 Å². The third-order valence-electron chi connectivity index (χ3n) is 11.9. The number of ether oxygens (including phenoxy) is 2. The number of hydrogen-bond acceptors (Lipinski definition) is 16. The van der Waals surface area contributed by atoms with Gasteiger partial charge in [0.1, 0.15) is 36.8 Å². The Balaban J connectivity index is 2.28. The first-order chi connectivity index (χ1) is 33.3. The second-order valence-corrected chi connectivity index (χ2v) is 20.6. The van der Waals surface area contributed by atoms with Crippen LogP contribution in [0.5, 0.6) is 0 Å². The Kier molecular flexibility index (Phi) is 32.1. The number of ketones is 1. The molecule has 19 nitrogen and oxygen atoms in total. The molecule has 21 heteroatoms. The Bertz CT molecular complexity index is 1750. The quantitative estimate of drug-likeness (QED) is 0.0206. The van der Waals surface area contributed by atoms with E-state index in [2.05, 4.69) is 31.2 Å². The number of carbonyl (C=O) groups is 3. The second-order valence-electron chi connectivity index (χ2n) is 18.0. The molecule has 1 aliphatic heterocycles. The maximum atomic E-state index is 13.7. The van der Waals surface area contributed by atoms with Gasteiger partial charge in [-0.05, 0) is 64.2 Å². The molecule has 0 aromatic rings. The van der Waals surface area contributed by atoms with E-state index in [0.29, 0.717) is 19.3 Å². The summed E-state index contributed by atoms with van der Waals surface area (Å²) in [4.78, 5) is 70.3. The summed E-state index contributed by atoms with van der Waals surface area (Å²) in [6.45, 7) is 2.50. The zero-order valence-electron chi connectivity index (χ0n) is 40.9. The minimum atomic E-state index is -5.79. The number of Topliss-reactive ketones (excluding diaryl/α,β-unsaturated/α-hetero) is 1. The number of carbonyl (C=O) groups excluding carboxylic acids is 3. The molecule has 2 bridgehead atoms. The molecule has 0 aromatic heterocycles. The Morgan fingerprint density at radius 1 is 0.843 bits per heavy atom. The van der Waals surface area contributed by atoms with Crippen molar-refractivity contribution in [2.75, 3.05) is 13.2 Å². The van der Waals surface area contributed by atoms with Gasteiger partial charge < -0.3 is 54.8 Å². The lowest BCUT2D eigenvalue weighted by Crippen LogP contribution is -2.56. The topological polar surface area (TPSA) is 314 Å². The zero-order valence-corrected chi connectivity index (χ0v) is 42.7. The molecule has 0 amide bonds. The first kappa shape index (κ1) is 63.4. The smallest absolute Gasteiger partial charge is 0.462 e. The molecular formula is C49H82O19P2. The number of allylic oxidation sites excluding steroid dienone is 8. The normalized spacial score (nSPS) is 30.4. The lowest BCUT2D eigenvalue weighted by molar-refractivity contribution is -0.165. The van der Waals surface area contributed by atoms with Crippen LogP contribution in [0.2, 0.25) is 0 Å². The third kappa shape index (κ3) is 26.8. The number of unbranched alkanes of at least 4 members (excludes halogenated alkanes) is 9. The van der Waals surface area contributed by atoms with E-state index >= 15 is 0 Å². The molecule has 0 aromatic carbocycles. The van der Waals surface area contributed by atoms with Gasteiger partial charge in [-0.15, -0.1) is 0 Å². The number of esters is 2. The largest absolute Gasteiger partial charge is 0.472 e. The average molecular weight is 1040 g/mol. The van der Waals surface area contributed by atoms with Crippen LogP contribution in [0, 0.1) is 11.8 Å². The van der Waals surface area contributed by atoms with Gasteiger partial charge in [-0.25, -0.2) is 9.13 Å². The fourth-order valence-electron chi connectivity index (χ4n) is 7.92. The maximum absolute atomic E-state index is 13.7. The molecule has 1 saturated carbocycles. The Morgan fingerprint density at radius 3 is 2.14 bits per heavy atom. The fourth-order valence-corrected chi connectivity index (χ4v) is 9.45. The summed E-state index contributed by atoms with van der Waals surface area (Å²) in [5.41, 5.74) is 0. The van der Waals surface area contributed by atoms with Crippen molar-refractivity contribution < 1.29 is 91.9 Å². The van der Waals surface area contributed by atoms with Gasteiger partial charge in [0.15, 0.2) is 6.10 Å². The van der Waals surface area contributed by atoms with Crippen LogP contribution in [0.3, 0.4) is 0 Å². The first-order valence-electron chi connectivity index (χ1n) is 24.9. The van der Waals surface area contributed by atoms with Crippen molar-refractivity contribution in [3.05, 3.63) is 60.8 Å². The molecule has 9 N–H and O–H groups in total. The summed E-state index contributed by atoms with van der Waals surface area (Å²) in [5.74, 6) is -5.73. The van der Waals surface area contributed by atoms with Gasteiger partial charge in [-0.3, -0.25) is 28.0 Å². The third-order valence-corrected chi connectivity index (χ3v) is 13.4. The molecular weight excluding hydrogens is 954 g/mol. The van der Waals surface area contributed by atoms with Crippen LogP contribution in [0.4, 0.5) is 0 Å². The van der Waals surface area contributed by atoms with Crippen molar-refractivity contribution in [3.8, 4) is 0 Å². The van der Waals surface area contributed by atoms with E-state index < -0.39 is 120 Å².